The molecular weight excluding hydrogens is 290 g/mol. The van der Waals surface area contributed by atoms with Crippen LogP contribution in [0.15, 0.2) is 38.9 Å². The van der Waals surface area contributed by atoms with Crippen LogP contribution in [0.25, 0.3) is 10.6 Å². The fraction of sp³-hybridized carbons (Fsp3) is 0.214. The number of aromatic nitrogens is 2. The first kappa shape index (κ1) is 13.6. The molecule has 0 saturated heterocycles. The number of oxazole rings is 1. The third-order valence-corrected chi connectivity index (χ3v) is 3.81. The SMILES string of the molecule is Cc1cc(CN(C)C(=O)c2ncoc2-c2cccs2)no1. The lowest BCUT2D eigenvalue weighted by molar-refractivity contribution is 0.0777. The molecule has 1 amide bonds. The predicted octanol–water partition coefficient (Wildman–Crippen LogP) is 2.97. The fourth-order valence-electron chi connectivity index (χ4n) is 1.97. The van der Waals surface area contributed by atoms with Crippen LogP contribution in [0.3, 0.4) is 0 Å². The van der Waals surface area contributed by atoms with Gasteiger partial charge in [-0.05, 0) is 18.4 Å². The van der Waals surface area contributed by atoms with Crippen molar-refractivity contribution >= 4 is 17.2 Å². The van der Waals surface area contributed by atoms with E-state index in [0.29, 0.717) is 29.5 Å². The minimum absolute atomic E-state index is 0.215. The summed E-state index contributed by atoms with van der Waals surface area (Å²) in [6, 6.07) is 5.59. The second-order valence-corrected chi connectivity index (χ2v) is 5.55. The van der Waals surface area contributed by atoms with Gasteiger partial charge in [0.15, 0.2) is 17.8 Å². The summed E-state index contributed by atoms with van der Waals surface area (Å²) in [5.41, 5.74) is 1.00. The van der Waals surface area contributed by atoms with Gasteiger partial charge in [0.1, 0.15) is 11.5 Å². The normalized spacial score (nSPS) is 10.8. The van der Waals surface area contributed by atoms with Crippen LogP contribution in [0.2, 0.25) is 0 Å². The Hall–Kier alpha value is -2.41. The molecule has 0 radical (unpaired) electrons. The second kappa shape index (κ2) is 5.53. The zero-order chi connectivity index (χ0) is 14.8. The Kier molecular flexibility index (Phi) is 3.57. The molecule has 108 valence electrons. The van der Waals surface area contributed by atoms with Gasteiger partial charge in [-0.25, -0.2) is 4.98 Å². The summed E-state index contributed by atoms with van der Waals surface area (Å²) in [5.74, 6) is 0.998. The van der Waals surface area contributed by atoms with E-state index in [1.807, 2.05) is 24.4 Å². The lowest BCUT2D eigenvalue weighted by Gasteiger charge is -2.14. The number of carbonyl (C=O) groups excluding carboxylic acids is 1. The summed E-state index contributed by atoms with van der Waals surface area (Å²) in [5, 5.41) is 5.81. The van der Waals surface area contributed by atoms with Crippen molar-refractivity contribution in [2.45, 2.75) is 13.5 Å². The van der Waals surface area contributed by atoms with Gasteiger partial charge in [0.05, 0.1) is 11.4 Å². The summed E-state index contributed by atoms with van der Waals surface area (Å²) in [4.78, 5) is 18.9. The Morgan fingerprint density at radius 3 is 3.00 bits per heavy atom. The molecule has 0 spiro atoms. The van der Waals surface area contributed by atoms with E-state index in [1.54, 1.807) is 13.1 Å². The van der Waals surface area contributed by atoms with E-state index in [4.69, 9.17) is 8.94 Å². The molecule has 0 atom stereocenters. The highest BCUT2D eigenvalue weighted by molar-refractivity contribution is 7.13. The molecule has 0 N–H and O–H groups in total. The highest BCUT2D eigenvalue weighted by Gasteiger charge is 2.22. The second-order valence-electron chi connectivity index (χ2n) is 4.60. The molecule has 0 bridgehead atoms. The van der Waals surface area contributed by atoms with Gasteiger partial charge in [-0.3, -0.25) is 4.79 Å². The Bertz CT molecular complexity index is 745. The number of amides is 1. The third kappa shape index (κ3) is 2.73. The van der Waals surface area contributed by atoms with Gasteiger partial charge >= 0.3 is 0 Å². The van der Waals surface area contributed by atoms with Crippen molar-refractivity contribution in [2.24, 2.45) is 0 Å². The molecule has 0 aliphatic rings. The molecule has 3 rings (SSSR count). The molecule has 0 unspecified atom stereocenters. The third-order valence-electron chi connectivity index (χ3n) is 2.94. The van der Waals surface area contributed by atoms with E-state index >= 15 is 0 Å². The highest BCUT2D eigenvalue weighted by atomic mass is 32.1. The number of carbonyl (C=O) groups is 1. The molecule has 3 aromatic rings. The van der Waals surface area contributed by atoms with Crippen molar-refractivity contribution in [2.75, 3.05) is 7.05 Å². The molecular formula is C14H13N3O3S. The first-order chi connectivity index (χ1) is 10.1. The molecule has 3 heterocycles. The Morgan fingerprint density at radius 2 is 2.33 bits per heavy atom. The smallest absolute Gasteiger partial charge is 0.276 e. The highest BCUT2D eigenvalue weighted by Crippen LogP contribution is 2.28. The zero-order valence-electron chi connectivity index (χ0n) is 11.6. The quantitative estimate of drug-likeness (QED) is 0.741. The summed E-state index contributed by atoms with van der Waals surface area (Å²) in [6.45, 7) is 2.16. The van der Waals surface area contributed by atoms with Crippen LogP contribution in [0, 0.1) is 6.92 Å². The van der Waals surface area contributed by atoms with Crippen LogP contribution >= 0.6 is 11.3 Å². The average Bonchev–Trinajstić information content (AvgIpc) is 3.18. The first-order valence-corrected chi connectivity index (χ1v) is 7.18. The molecule has 0 aliphatic heterocycles. The Balaban J connectivity index is 1.81. The first-order valence-electron chi connectivity index (χ1n) is 6.30. The minimum Gasteiger partial charge on any atom is -0.442 e. The van der Waals surface area contributed by atoms with Gasteiger partial charge in [-0.15, -0.1) is 11.3 Å². The summed E-state index contributed by atoms with van der Waals surface area (Å²) < 4.78 is 10.4. The Morgan fingerprint density at radius 1 is 1.48 bits per heavy atom. The van der Waals surface area contributed by atoms with Gasteiger partial charge in [0.25, 0.3) is 5.91 Å². The van der Waals surface area contributed by atoms with E-state index in [9.17, 15) is 4.79 Å². The van der Waals surface area contributed by atoms with Crippen molar-refractivity contribution in [1.82, 2.24) is 15.0 Å². The van der Waals surface area contributed by atoms with E-state index in [1.165, 1.54) is 22.6 Å². The maximum Gasteiger partial charge on any atom is 0.276 e. The van der Waals surface area contributed by atoms with Gasteiger partial charge in [0.2, 0.25) is 0 Å². The maximum absolute atomic E-state index is 12.5. The van der Waals surface area contributed by atoms with Crippen molar-refractivity contribution in [3.8, 4) is 10.6 Å². The van der Waals surface area contributed by atoms with E-state index < -0.39 is 0 Å². The van der Waals surface area contributed by atoms with Crippen LogP contribution < -0.4 is 0 Å². The lowest BCUT2D eigenvalue weighted by Crippen LogP contribution is -2.27. The number of hydrogen-bond donors (Lipinski definition) is 0. The predicted molar refractivity (Wildman–Crippen MR) is 76.9 cm³/mol. The molecule has 0 fully saturated rings. The number of hydrogen-bond acceptors (Lipinski definition) is 6. The molecule has 3 aromatic heterocycles. The summed E-state index contributed by atoms with van der Waals surface area (Å²) >= 11 is 1.50. The maximum atomic E-state index is 12.5. The van der Waals surface area contributed by atoms with Crippen molar-refractivity contribution in [3.05, 3.63) is 47.1 Å². The van der Waals surface area contributed by atoms with E-state index in [0.717, 1.165) is 4.88 Å². The standard InChI is InChI=1S/C14H13N3O3S/c1-9-6-10(16-20-9)7-17(2)14(18)12-13(19-8-15-12)11-4-3-5-21-11/h3-6,8H,7H2,1-2H3. The lowest BCUT2D eigenvalue weighted by atomic mass is 10.2. The Labute approximate surface area is 125 Å². The van der Waals surface area contributed by atoms with Crippen LogP contribution in [0.4, 0.5) is 0 Å². The summed E-state index contributed by atoms with van der Waals surface area (Å²) in [6.07, 6.45) is 1.29. The average molecular weight is 303 g/mol. The minimum atomic E-state index is -0.215. The molecule has 0 saturated carbocycles. The van der Waals surface area contributed by atoms with Crippen molar-refractivity contribution in [3.63, 3.8) is 0 Å². The number of aryl methyl sites for hydroxylation is 1. The fourth-order valence-corrected chi connectivity index (χ4v) is 2.68. The van der Waals surface area contributed by atoms with Crippen LogP contribution in [0.5, 0.6) is 0 Å². The topological polar surface area (TPSA) is 72.4 Å². The summed E-state index contributed by atoms with van der Waals surface area (Å²) in [7, 11) is 1.69. The number of rotatable bonds is 4. The number of nitrogens with zero attached hydrogens (tertiary/aromatic N) is 3. The van der Waals surface area contributed by atoms with Gasteiger partial charge < -0.3 is 13.8 Å². The van der Waals surface area contributed by atoms with Crippen molar-refractivity contribution < 1.29 is 13.7 Å². The molecule has 7 heteroatoms. The largest absolute Gasteiger partial charge is 0.442 e. The molecule has 6 nitrogen and oxygen atoms in total. The van der Waals surface area contributed by atoms with Crippen LogP contribution in [-0.2, 0) is 6.54 Å². The molecule has 21 heavy (non-hydrogen) atoms. The molecule has 0 aromatic carbocycles. The van der Waals surface area contributed by atoms with E-state index in [-0.39, 0.29) is 5.91 Å². The van der Waals surface area contributed by atoms with Crippen LogP contribution in [-0.4, -0.2) is 28.0 Å². The van der Waals surface area contributed by atoms with E-state index in [2.05, 4.69) is 10.1 Å². The van der Waals surface area contributed by atoms with Crippen molar-refractivity contribution in [1.29, 1.82) is 0 Å². The molecule has 0 aliphatic carbocycles. The monoisotopic (exact) mass is 303 g/mol. The number of thiophene rings is 1. The van der Waals surface area contributed by atoms with Gasteiger partial charge in [-0.2, -0.15) is 0 Å². The van der Waals surface area contributed by atoms with Gasteiger partial charge in [-0.1, -0.05) is 11.2 Å². The van der Waals surface area contributed by atoms with Gasteiger partial charge in [0, 0.05) is 13.1 Å². The zero-order valence-corrected chi connectivity index (χ0v) is 12.4. The van der Waals surface area contributed by atoms with Crippen LogP contribution in [0.1, 0.15) is 21.9 Å².